The number of hydrogen-bond donors (Lipinski definition) is 7. The van der Waals surface area contributed by atoms with E-state index >= 15 is 0 Å². The molecule has 12 heteroatoms. The summed E-state index contributed by atoms with van der Waals surface area (Å²) in [6, 6.07) is 0. The van der Waals surface area contributed by atoms with Crippen LogP contribution in [0, 0.1) is 56.7 Å². The lowest BCUT2D eigenvalue weighted by atomic mass is 9.31. The first kappa shape index (κ1) is 40.4. The van der Waals surface area contributed by atoms with Gasteiger partial charge in [0.15, 0.2) is 12.6 Å². The molecule has 0 aromatic heterocycles. The second-order valence-electron chi connectivity index (χ2n) is 20.6. The number of aliphatic hydroxyl groups excluding tert-OH is 6. The van der Waals surface area contributed by atoms with Gasteiger partial charge < -0.3 is 54.7 Å². The van der Waals surface area contributed by atoms with Gasteiger partial charge in [-0.25, -0.2) is 0 Å². The quantitative estimate of drug-likeness (QED) is 0.197. The minimum atomic E-state index is -1.63. The molecule has 0 amide bonds. The molecule has 2 aliphatic heterocycles. The predicted octanol–water partition coefficient (Wildman–Crippen LogP) is 2.69. The highest BCUT2D eigenvalue weighted by molar-refractivity contribution is 5.85. The van der Waals surface area contributed by atoms with Crippen molar-refractivity contribution in [2.75, 3.05) is 13.2 Å². The van der Waals surface area contributed by atoms with Crippen molar-refractivity contribution < 1.29 is 59.5 Å². The van der Waals surface area contributed by atoms with Crippen molar-refractivity contribution in [1.82, 2.24) is 0 Å². The van der Waals surface area contributed by atoms with E-state index in [0.29, 0.717) is 36.5 Å². The molecule has 12 nitrogen and oxygen atoms in total. The zero-order valence-corrected chi connectivity index (χ0v) is 33.1. The van der Waals surface area contributed by atoms with Crippen LogP contribution >= 0.6 is 0 Å². The maximum Gasteiger partial charge on any atom is 0.186 e. The maximum absolute atomic E-state index is 14.8. The van der Waals surface area contributed by atoms with Gasteiger partial charge in [0.25, 0.3) is 0 Å². The minimum absolute atomic E-state index is 0.00148. The molecule has 0 spiro atoms. The van der Waals surface area contributed by atoms with Gasteiger partial charge in [-0.2, -0.15) is 0 Å². The summed E-state index contributed by atoms with van der Waals surface area (Å²) in [4.78, 5) is 14.8. The number of Topliss-reactive ketones (excluding diaryl/α,β-unsaturated/α-hetero) is 1. The molecule has 7 fully saturated rings. The van der Waals surface area contributed by atoms with Crippen LogP contribution in [0.5, 0.6) is 0 Å². The molecular formula is C41H68O12. The lowest BCUT2D eigenvalue weighted by molar-refractivity contribution is -0.360. The highest BCUT2D eigenvalue weighted by Gasteiger charge is 2.73. The molecule has 53 heavy (non-hydrogen) atoms. The fourth-order valence-electron chi connectivity index (χ4n) is 14.7. The number of fused-ring (bicyclic) bond motifs is 7. The van der Waals surface area contributed by atoms with Gasteiger partial charge in [-0.15, -0.1) is 0 Å². The zero-order valence-electron chi connectivity index (χ0n) is 33.1. The Hall–Kier alpha value is -0.770. The number of carbonyl (C=O) groups is 1. The second-order valence-corrected chi connectivity index (χ2v) is 20.6. The Balaban J connectivity index is 1.08. The third kappa shape index (κ3) is 5.89. The van der Waals surface area contributed by atoms with E-state index in [9.17, 15) is 40.5 Å². The summed E-state index contributed by atoms with van der Waals surface area (Å²) in [5.74, 6) is 1.62. The molecule has 0 aromatic rings. The SMILES string of the molecule is CC(C)(O)[C@@H]1CC[C@]2(C)[C@H]3CC[C@@H]4[C@@]5(C)CC[C@H](O[C@@H]6O[C@H](CO)[C@@H](O[C@@H]7OC[C@H](O)[C@H](O)[C@H]7O)[C@H](O)[C@H]6O)C(C)(C)[C@@H]5C(=O)C[C@@]4(C)[C@]3(C)CC[C@@H]12. The summed E-state index contributed by atoms with van der Waals surface area (Å²) in [7, 11) is 0. The molecular weight excluding hydrogens is 684 g/mol. The molecule has 5 aliphatic carbocycles. The maximum atomic E-state index is 14.8. The summed E-state index contributed by atoms with van der Waals surface area (Å²) in [6.07, 6.45) is -4.98. The van der Waals surface area contributed by atoms with Gasteiger partial charge in [0.05, 0.1) is 24.9 Å². The fourth-order valence-corrected chi connectivity index (χ4v) is 14.7. The molecule has 7 rings (SSSR count). The summed E-state index contributed by atoms with van der Waals surface area (Å²) in [5.41, 5.74) is -1.61. The molecule has 0 bridgehead atoms. The fraction of sp³-hybridized carbons (Fsp3) is 0.976. The van der Waals surface area contributed by atoms with E-state index in [1.165, 1.54) is 0 Å². The summed E-state index contributed by atoms with van der Waals surface area (Å²) < 4.78 is 23.6. The average molecular weight is 753 g/mol. The number of carbonyl (C=O) groups excluding carboxylic acids is 1. The smallest absolute Gasteiger partial charge is 0.186 e. The van der Waals surface area contributed by atoms with E-state index < -0.39 is 79.0 Å². The van der Waals surface area contributed by atoms with Crippen molar-refractivity contribution in [1.29, 1.82) is 0 Å². The normalized spacial score (nSPS) is 55.5. The Morgan fingerprint density at radius 3 is 2.02 bits per heavy atom. The van der Waals surface area contributed by atoms with Crippen molar-refractivity contribution in [3.63, 3.8) is 0 Å². The molecule has 304 valence electrons. The molecule has 2 heterocycles. The van der Waals surface area contributed by atoms with Gasteiger partial charge in [0.1, 0.15) is 48.5 Å². The van der Waals surface area contributed by atoms with Crippen LogP contribution in [0.25, 0.3) is 0 Å². The van der Waals surface area contributed by atoms with Crippen LogP contribution in [-0.4, -0.2) is 122 Å². The molecule has 7 N–H and O–H groups in total. The number of ketones is 1. The van der Waals surface area contributed by atoms with Crippen LogP contribution in [0.1, 0.15) is 113 Å². The number of aliphatic hydroxyl groups is 7. The first-order valence-electron chi connectivity index (χ1n) is 20.4. The van der Waals surface area contributed by atoms with Gasteiger partial charge >= 0.3 is 0 Å². The number of rotatable bonds is 6. The Kier molecular flexibility index (Phi) is 10.2. The van der Waals surface area contributed by atoms with E-state index in [1.54, 1.807) is 0 Å². The Labute approximate surface area is 314 Å². The second kappa shape index (κ2) is 13.4. The third-order valence-electron chi connectivity index (χ3n) is 17.3. The highest BCUT2D eigenvalue weighted by atomic mass is 16.7. The number of ether oxygens (including phenoxy) is 4. The first-order chi connectivity index (χ1) is 24.6. The van der Waals surface area contributed by atoms with Crippen molar-refractivity contribution in [3.05, 3.63) is 0 Å². The van der Waals surface area contributed by atoms with Gasteiger partial charge in [0, 0.05) is 17.8 Å². The molecule has 0 aromatic carbocycles. The summed E-state index contributed by atoms with van der Waals surface area (Å²) in [6.45, 7) is 17.0. The first-order valence-corrected chi connectivity index (χ1v) is 20.4. The van der Waals surface area contributed by atoms with Crippen LogP contribution < -0.4 is 0 Å². The molecule has 2 saturated heterocycles. The molecule has 7 aliphatic rings. The predicted molar refractivity (Wildman–Crippen MR) is 192 cm³/mol. The van der Waals surface area contributed by atoms with E-state index in [2.05, 4.69) is 41.5 Å². The van der Waals surface area contributed by atoms with Gasteiger partial charge in [-0.1, -0.05) is 41.5 Å². The van der Waals surface area contributed by atoms with E-state index in [4.69, 9.17) is 18.9 Å². The van der Waals surface area contributed by atoms with Crippen molar-refractivity contribution in [3.8, 4) is 0 Å². The largest absolute Gasteiger partial charge is 0.394 e. The van der Waals surface area contributed by atoms with Crippen molar-refractivity contribution in [2.24, 2.45) is 56.7 Å². The minimum Gasteiger partial charge on any atom is -0.394 e. The Morgan fingerprint density at radius 2 is 1.38 bits per heavy atom. The van der Waals surface area contributed by atoms with Crippen LogP contribution in [0.15, 0.2) is 0 Å². The monoisotopic (exact) mass is 752 g/mol. The van der Waals surface area contributed by atoms with Crippen LogP contribution in [0.3, 0.4) is 0 Å². The van der Waals surface area contributed by atoms with E-state index in [-0.39, 0.29) is 40.0 Å². The zero-order chi connectivity index (χ0) is 38.8. The van der Waals surface area contributed by atoms with Crippen molar-refractivity contribution in [2.45, 2.75) is 180 Å². The summed E-state index contributed by atoms with van der Waals surface area (Å²) >= 11 is 0. The Morgan fingerprint density at radius 1 is 0.755 bits per heavy atom. The van der Waals surface area contributed by atoms with Crippen LogP contribution in [0.4, 0.5) is 0 Å². The lowest BCUT2D eigenvalue weighted by Crippen LogP contribution is -2.69. The lowest BCUT2D eigenvalue weighted by Gasteiger charge is -2.72. The topological polar surface area (TPSA) is 196 Å². The molecule has 19 atom stereocenters. The average Bonchev–Trinajstić information content (AvgIpc) is 3.43. The molecule has 5 saturated carbocycles. The van der Waals surface area contributed by atoms with Crippen LogP contribution in [0.2, 0.25) is 0 Å². The van der Waals surface area contributed by atoms with Crippen molar-refractivity contribution >= 4 is 5.78 Å². The number of hydrogen-bond acceptors (Lipinski definition) is 12. The summed E-state index contributed by atoms with van der Waals surface area (Å²) in [5, 5.41) is 74.2. The Bertz CT molecular complexity index is 1380. The van der Waals surface area contributed by atoms with Gasteiger partial charge in [-0.3, -0.25) is 4.79 Å². The standard InChI is InChI=1S/C41H68O12/c1-36(2)27(52-35-31(48)29(46)32(24(18-42)51-35)53-34-30(47)28(45)23(44)19-50-34)13-15-39(6)26-10-9-25-38(5)14-11-20(37(3,4)49)21(38)12-16-40(25,7)41(26,8)17-22(43)33(36)39/h20-21,23-35,42,44-49H,9-19H2,1-8H3/t20-,21+,23+,24-,25-,26-,27+,28+,29-,30-,31-,32-,33+,34+,35+,38+,39-,40-,41-/m1/s1. The van der Waals surface area contributed by atoms with Crippen LogP contribution in [-0.2, 0) is 23.7 Å². The van der Waals surface area contributed by atoms with Gasteiger partial charge in [-0.05, 0) is 111 Å². The van der Waals surface area contributed by atoms with E-state index in [1.807, 2.05) is 13.8 Å². The van der Waals surface area contributed by atoms with E-state index in [0.717, 1.165) is 44.9 Å². The molecule has 0 unspecified atom stereocenters. The third-order valence-corrected chi connectivity index (χ3v) is 17.3. The molecule has 0 radical (unpaired) electrons. The van der Waals surface area contributed by atoms with Gasteiger partial charge in [0.2, 0.25) is 0 Å². The highest BCUT2D eigenvalue weighted by Crippen LogP contribution is 2.77.